The van der Waals surface area contributed by atoms with E-state index < -0.39 is 23.3 Å². The molecule has 1 aliphatic rings. The van der Waals surface area contributed by atoms with Crippen LogP contribution in [-0.2, 0) is 14.4 Å². The fraction of sp³-hybridized carbons (Fsp3) is 0.222. The van der Waals surface area contributed by atoms with Gasteiger partial charge in [-0.3, -0.25) is 9.59 Å². The first-order valence-corrected chi connectivity index (χ1v) is 3.99. The Labute approximate surface area is 84.1 Å². The lowest BCUT2D eigenvalue weighted by atomic mass is 9.79. The molecule has 0 saturated heterocycles. The van der Waals surface area contributed by atoms with Crippen molar-refractivity contribution in [1.82, 2.24) is 0 Å². The Bertz CT molecular complexity index is 375. The summed E-state index contributed by atoms with van der Waals surface area (Å²) in [4.78, 5) is 32.2. The van der Waals surface area contributed by atoms with Crippen molar-refractivity contribution in [2.75, 3.05) is 0 Å². The molecule has 15 heavy (non-hydrogen) atoms. The second kappa shape index (κ2) is 3.56. The van der Waals surface area contributed by atoms with Crippen molar-refractivity contribution >= 4 is 17.9 Å². The van der Waals surface area contributed by atoms with Crippen LogP contribution in [0.25, 0.3) is 0 Å². The summed E-state index contributed by atoms with van der Waals surface area (Å²) in [6.45, 7) is 0. The van der Waals surface area contributed by atoms with Crippen molar-refractivity contribution in [1.29, 1.82) is 0 Å². The van der Waals surface area contributed by atoms with E-state index in [9.17, 15) is 14.4 Å². The molecule has 0 heterocycles. The van der Waals surface area contributed by atoms with Crippen molar-refractivity contribution < 1.29 is 29.7 Å². The summed E-state index contributed by atoms with van der Waals surface area (Å²) >= 11 is 0. The van der Waals surface area contributed by atoms with Gasteiger partial charge in [-0.15, -0.1) is 0 Å². The lowest BCUT2D eigenvalue weighted by Gasteiger charge is -2.22. The van der Waals surface area contributed by atoms with Crippen LogP contribution in [0.5, 0.6) is 0 Å². The minimum absolute atomic E-state index is 0.256. The molecular formula is C9H8O6. The van der Waals surface area contributed by atoms with Crippen LogP contribution in [0.1, 0.15) is 6.42 Å². The second-order valence-electron chi connectivity index (χ2n) is 3.09. The van der Waals surface area contributed by atoms with Crippen LogP contribution in [0.4, 0.5) is 0 Å². The minimum Gasteiger partial charge on any atom is -0.480 e. The first kappa shape index (κ1) is 11.0. The van der Waals surface area contributed by atoms with Crippen LogP contribution in [0.2, 0.25) is 0 Å². The molecule has 0 saturated carbocycles. The molecule has 3 N–H and O–H groups in total. The average Bonchev–Trinajstić information content (AvgIpc) is 2.17. The third-order valence-electron chi connectivity index (χ3n) is 2.15. The predicted octanol–water partition coefficient (Wildman–Crippen LogP) is 0.113. The highest BCUT2D eigenvalue weighted by Crippen LogP contribution is 2.31. The van der Waals surface area contributed by atoms with E-state index in [0.29, 0.717) is 0 Å². The Balaban J connectivity index is 3.25. The molecule has 0 aromatic heterocycles. The van der Waals surface area contributed by atoms with Crippen molar-refractivity contribution in [3.8, 4) is 0 Å². The highest BCUT2D eigenvalue weighted by Gasteiger charge is 2.45. The topological polar surface area (TPSA) is 112 Å². The minimum atomic E-state index is -2.16. The molecule has 0 amide bonds. The Morgan fingerprint density at radius 1 is 1.13 bits per heavy atom. The molecular weight excluding hydrogens is 204 g/mol. The first-order chi connectivity index (χ1) is 6.90. The lowest BCUT2D eigenvalue weighted by molar-refractivity contribution is -0.160. The number of rotatable bonds is 3. The summed E-state index contributed by atoms with van der Waals surface area (Å²) in [6.07, 6.45) is 2.91. The highest BCUT2D eigenvalue weighted by atomic mass is 16.4. The first-order valence-electron chi connectivity index (χ1n) is 3.99. The van der Waals surface area contributed by atoms with Gasteiger partial charge in [0.15, 0.2) is 5.41 Å². The van der Waals surface area contributed by atoms with Crippen LogP contribution in [-0.4, -0.2) is 33.2 Å². The van der Waals surface area contributed by atoms with Gasteiger partial charge in [-0.1, -0.05) is 12.2 Å². The van der Waals surface area contributed by atoms with Gasteiger partial charge in [-0.05, 0) is 12.5 Å². The molecule has 0 aromatic rings. The molecule has 80 valence electrons. The molecule has 0 atom stereocenters. The van der Waals surface area contributed by atoms with Crippen LogP contribution >= 0.6 is 0 Å². The maximum absolute atomic E-state index is 10.8. The molecule has 6 heteroatoms. The van der Waals surface area contributed by atoms with E-state index in [0.717, 1.165) is 6.08 Å². The summed E-state index contributed by atoms with van der Waals surface area (Å²) in [7, 11) is 0. The maximum Gasteiger partial charge on any atom is 0.335 e. The molecule has 1 rings (SSSR count). The normalized spacial score (nSPS) is 18.0. The molecule has 0 spiro atoms. The van der Waals surface area contributed by atoms with Gasteiger partial charge in [0, 0.05) is 0 Å². The van der Waals surface area contributed by atoms with Crippen molar-refractivity contribution in [3.05, 3.63) is 23.8 Å². The lowest BCUT2D eigenvalue weighted by Crippen LogP contribution is -2.38. The number of allylic oxidation sites excluding steroid dienone is 1. The van der Waals surface area contributed by atoms with Crippen molar-refractivity contribution in [3.63, 3.8) is 0 Å². The van der Waals surface area contributed by atoms with Gasteiger partial charge in [0.1, 0.15) is 0 Å². The van der Waals surface area contributed by atoms with Crippen LogP contribution in [0, 0.1) is 5.41 Å². The smallest absolute Gasteiger partial charge is 0.335 e. The van der Waals surface area contributed by atoms with E-state index in [2.05, 4.69) is 0 Å². The van der Waals surface area contributed by atoms with Gasteiger partial charge in [0.25, 0.3) is 0 Å². The number of aliphatic carboxylic acids is 3. The average molecular weight is 212 g/mol. The number of hydrogen-bond acceptors (Lipinski definition) is 3. The third kappa shape index (κ3) is 1.74. The van der Waals surface area contributed by atoms with E-state index in [-0.39, 0.29) is 12.0 Å². The van der Waals surface area contributed by atoms with Gasteiger partial charge < -0.3 is 15.3 Å². The number of carboxylic acid groups (broad SMARTS) is 3. The SMILES string of the molecule is O=C(O)C1=CC(C(=O)O)(C(=O)O)CC=C1. The number of hydrogen-bond donors (Lipinski definition) is 3. The van der Waals surface area contributed by atoms with Gasteiger partial charge >= 0.3 is 17.9 Å². The Morgan fingerprint density at radius 2 is 1.67 bits per heavy atom. The van der Waals surface area contributed by atoms with Crippen LogP contribution in [0.15, 0.2) is 23.8 Å². The molecule has 0 aromatic carbocycles. The number of carbonyl (C=O) groups is 3. The van der Waals surface area contributed by atoms with Gasteiger partial charge in [-0.25, -0.2) is 4.79 Å². The summed E-state index contributed by atoms with van der Waals surface area (Å²) in [5, 5.41) is 26.2. The van der Waals surface area contributed by atoms with Crippen LogP contribution < -0.4 is 0 Å². The Morgan fingerprint density at radius 3 is 2.07 bits per heavy atom. The van der Waals surface area contributed by atoms with E-state index in [1.54, 1.807) is 0 Å². The molecule has 0 bridgehead atoms. The second-order valence-corrected chi connectivity index (χ2v) is 3.09. The van der Waals surface area contributed by atoms with Crippen molar-refractivity contribution in [2.24, 2.45) is 5.41 Å². The molecule has 0 unspecified atom stereocenters. The fourth-order valence-electron chi connectivity index (χ4n) is 1.27. The highest BCUT2D eigenvalue weighted by molar-refractivity contribution is 6.03. The third-order valence-corrected chi connectivity index (χ3v) is 2.15. The van der Waals surface area contributed by atoms with Gasteiger partial charge in [0.2, 0.25) is 0 Å². The zero-order valence-electron chi connectivity index (χ0n) is 7.51. The van der Waals surface area contributed by atoms with E-state index >= 15 is 0 Å². The summed E-state index contributed by atoms with van der Waals surface area (Å²) in [5.74, 6) is -4.49. The van der Waals surface area contributed by atoms with Crippen molar-refractivity contribution in [2.45, 2.75) is 6.42 Å². The molecule has 0 radical (unpaired) electrons. The van der Waals surface area contributed by atoms with Gasteiger partial charge in [0.05, 0.1) is 5.57 Å². The number of carboxylic acids is 3. The van der Waals surface area contributed by atoms with E-state index in [1.165, 1.54) is 12.2 Å². The standard InChI is InChI=1S/C9H8O6/c10-6(11)5-2-1-3-9(4-5,7(12)13)8(14)15/h1-2,4H,3H2,(H,10,11)(H,12,13)(H,14,15). The zero-order valence-corrected chi connectivity index (χ0v) is 7.51. The Kier molecular flexibility index (Phi) is 2.61. The molecule has 1 aliphatic carbocycles. The molecule has 0 fully saturated rings. The summed E-state index contributed by atoms with van der Waals surface area (Å²) in [6, 6.07) is 0. The summed E-state index contributed by atoms with van der Waals surface area (Å²) < 4.78 is 0. The monoisotopic (exact) mass is 212 g/mol. The summed E-state index contributed by atoms with van der Waals surface area (Å²) in [5.41, 5.74) is -2.49. The molecule has 6 nitrogen and oxygen atoms in total. The quantitative estimate of drug-likeness (QED) is 0.572. The predicted molar refractivity (Wildman–Crippen MR) is 47.2 cm³/mol. The fourth-order valence-corrected chi connectivity index (χ4v) is 1.27. The molecule has 0 aliphatic heterocycles. The van der Waals surface area contributed by atoms with Crippen LogP contribution in [0.3, 0.4) is 0 Å². The zero-order chi connectivity index (χ0) is 11.6. The largest absolute Gasteiger partial charge is 0.480 e. The van der Waals surface area contributed by atoms with E-state index in [1.807, 2.05) is 0 Å². The maximum atomic E-state index is 10.8. The van der Waals surface area contributed by atoms with E-state index in [4.69, 9.17) is 15.3 Å². The Hall–Kier alpha value is -2.11. The van der Waals surface area contributed by atoms with Gasteiger partial charge in [-0.2, -0.15) is 0 Å².